The molecule has 0 spiro atoms. The van der Waals surface area contributed by atoms with Crippen molar-refractivity contribution in [2.75, 3.05) is 0 Å². The van der Waals surface area contributed by atoms with Crippen molar-refractivity contribution in [1.29, 1.82) is 0 Å². The average Bonchev–Trinajstić information content (AvgIpc) is 2.43. The van der Waals surface area contributed by atoms with Gasteiger partial charge in [0, 0.05) is 6.04 Å². The van der Waals surface area contributed by atoms with Crippen LogP contribution in [0.3, 0.4) is 0 Å². The summed E-state index contributed by atoms with van der Waals surface area (Å²) in [6, 6.07) is 0.557. The zero-order chi connectivity index (χ0) is 6.97. The SMILES string of the molecule is N[C@H](CC1CC1)C1CCC1. The van der Waals surface area contributed by atoms with Gasteiger partial charge in [0.25, 0.3) is 0 Å². The van der Waals surface area contributed by atoms with Crippen LogP contribution in [0.1, 0.15) is 38.5 Å². The Kier molecular flexibility index (Phi) is 1.69. The summed E-state index contributed by atoms with van der Waals surface area (Å²) in [6.07, 6.45) is 8.50. The van der Waals surface area contributed by atoms with Crippen molar-refractivity contribution >= 4 is 0 Å². The first kappa shape index (κ1) is 6.66. The Hall–Kier alpha value is -0.0400. The minimum atomic E-state index is 0.557. The van der Waals surface area contributed by atoms with Crippen LogP contribution in [0.15, 0.2) is 0 Å². The van der Waals surface area contributed by atoms with Crippen molar-refractivity contribution in [1.82, 2.24) is 0 Å². The van der Waals surface area contributed by atoms with Crippen LogP contribution in [0.2, 0.25) is 0 Å². The number of hydrogen-bond acceptors (Lipinski definition) is 1. The first-order chi connectivity index (χ1) is 4.86. The van der Waals surface area contributed by atoms with E-state index in [2.05, 4.69) is 0 Å². The van der Waals surface area contributed by atoms with Gasteiger partial charge in [-0.3, -0.25) is 0 Å². The van der Waals surface area contributed by atoms with Gasteiger partial charge in [-0.05, 0) is 31.1 Å². The minimum absolute atomic E-state index is 0.557. The third-order valence-corrected chi connectivity index (χ3v) is 3.06. The molecule has 0 unspecified atom stereocenters. The van der Waals surface area contributed by atoms with Gasteiger partial charge in [0.15, 0.2) is 0 Å². The Morgan fingerprint density at radius 2 is 1.90 bits per heavy atom. The molecule has 0 radical (unpaired) electrons. The molecule has 1 heteroatoms. The molecule has 2 aliphatic carbocycles. The van der Waals surface area contributed by atoms with Gasteiger partial charge in [-0.25, -0.2) is 0 Å². The molecule has 2 fully saturated rings. The lowest BCUT2D eigenvalue weighted by molar-refractivity contribution is 0.247. The van der Waals surface area contributed by atoms with E-state index >= 15 is 0 Å². The maximum Gasteiger partial charge on any atom is 0.00697 e. The molecule has 2 saturated carbocycles. The Bertz CT molecular complexity index is 114. The summed E-state index contributed by atoms with van der Waals surface area (Å²) in [5, 5.41) is 0. The molecule has 2 N–H and O–H groups in total. The minimum Gasteiger partial charge on any atom is -0.327 e. The Labute approximate surface area is 63.0 Å². The quantitative estimate of drug-likeness (QED) is 0.635. The van der Waals surface area contributed by atoms with Crippen LogP contribution >= 0.6 is 0 Å². The molecule has 1 atom stereocenters. The summed E-state index contributed by atoms with van der Waals surface area (Å²) in [5.41, 5.74) is 6.02. The molecule has 0 amide bonds. The van der Waals surface area contributed by atoms with E-state index in [1.807, 2.05) is 0 Å². The molecule has 0 aromatic rings. The number of nitrogens with two attached hydrogens (primary N) is 1. The highest BCUT2D eigenvalue weighted by Crippen LogP contribution is 2.38. The molecule has 0 bridgehead atoms. The van der Waals surface area contributed by atoms with Crippen LogP contribution < -0.4 is 5.73 Å². The van der Waals surface area contributed by atoms with Crippen LogP contribution in [-0.2, 0) is 0 Å². The molecule has 1 nitrogen and oxygen atoms in total. The van der Waals surface area contributed by atoms with Gasteiger partial charge in [-0.2, -0.15) is 0 Å². The van der Waals surface area contributed by atoms with Gasteiger partial charge < -0.3 is 5.73 Å². The van der Waals surface area contributed by atoms with Gasteiger partial charge in [-0.1, -0.05) is 19.3 Å². The molecule has 0 aliphatic heterocycles. The van der Waals surface area contributed by atoms with Crippen molar-refractivity contribution < 1.29 is 0 Å². The Morgan fingerprint density at radius 3 is 2.30 bits per heavy atom. The Balaban J connectivity index is 1.69. The first-order valence-corrected chi connectivity index (χ1v) is 4.62. The zero-order valence-corrected chi connectivity index (χ0v) is 6.55. The lowest BCUT2D eigenvalue weighted by Gasteiger charge is -2.31. The van der Waals surface area contributed by atoms with Gasteiger partial charge >= 0.3 is 0 Å². The predicted octanol–water partition coefficient (Wildman–Crippen LogP) is 1.91. The van der Waals surface area contributed by atoms with E-state index in [9.17, 15) is 0 Å². The molecule has 2 aliphatic rings. The molecule has 0 aromatic heterocycles. The summed E-state index contributed by atoms with van der Waals surface area (Å²) >= 11 is 0. The van der Waals surface area contributed by atoms with Crippen molar-refractivity contribution in [3.8, 4) is 0 Å². The maximum absolute atomic E-state index is 6.02. The van der Waals surface area contributed by atoms with Crippen molar-refractivity contribution in [3.63, 3.8) is 0 Å². The highest BCUT2D eigenvalue weighted by atomic mass is 14.7. The summed E-state index contributed by atoms with van der Waals surface area (Å²) in [7, 11) is 0. The van der Waals surface area contributed by atoms with Gasteiger partial charge in [0.2, 0.25) is 0 Å². The Morgan fingerprint density at radius 1 is 1.20 bits per heavy atom. The van der Waals surface area contributed by atoms with Crippen LogP contribution in [0.5, 0.6) is 0 Å². The molecule has 0 aromatic carbocycles. The van der Waals surface area contributed by atoms with Gasteiger partial charge in [0.05, 0.1) is 0 Å². The highest BCUT2D eigenvalue weighted by molar-refractivity contribution is 4.85. The third-order valence-electron chi connectivity index (χ3n) is 3.06. The fourth-order valence-electron chi connectivity index (χ4n) is 1.80. The summed E-state index contributed by atoms with van der Waals surface area (Å²) < 4.78 is 0. The summed E-state index contributed by atoms with van der Waals surface area (Å²) in [6.45, 7) is 0. The lowest BCUT2D eigenvalue weighted by Crippen LogP contribution is -2.34. The second-order valence-corrected chi connectivity index (χ2v) is 4.03. The topological polar surface area (TPSA) is 26.0 Å². The second-order valence-electron chi connectivity index (χ2n) is 4.03. The average molecular weight is 139 g/mol. The van der Waals surface area contributed by atoms with E-state index in [1.54, 1.807) is 0 Å². The third kappa shape index (κ3) is 1.34. The number of rotatable bonds is 3. The molecule has 10 heavy (non-hydrogen) atoms. The number of hydrogen-bond donors (Lipinski definition) is 1. The predicted molar refractivity (Wildman–Crippen MR) is 42.7 cm³/mol. The normalized spacial score (nSPS) is 29.7. The van der Waals surface area contributed by atoms with E-state index in [1.165, 1.54) is 38.5 Å². The summed E-state index contributed by atoms with van der Waals surface area (Å²) in [5.74, 6) is 1.93. The fourth-order valence-corrected chi connectivity index (χ4v) is 1.80. The van der Waals surface area contributed by atoms with Crippen LogP contribution in [0.25, 0.3) is 0 Å². The zero-order valence-electron chi connectivity index (χ0n) is 6.55. The molecular formula is C9H17N. The fraction of sp³-hybridized carbons (Fsp3) is 1.00. The molecule has 0 heterocycles. The first-order valence-electron chi connectivity index (χ1n) is 4.62. The van der Waals surface area contributed by atoms with E-state index in [0.29, 0.717) is 6.04 Å². The highest BCUT2D eigenvalue weighted by Gasteiger charge is 2.30. The lowest BCUT2D eigenvalue weighted by atomic mass is 9.78. The molecule has 2 rings (SSSR count). The van der Waals surface area contributed by atoms with Crippen LogP contribution in [0.4, 0.5) is 0 Å². The van der Waals surface area contributed by atoms with Crippen LogP contribution in [0, 0.1) is 11.8 Å². The van der Waals surface area contributed by atoms with E-state index < -0.39 is 0 Å². The van der Waals surface area contributed by atoms with Crippen LogP contribution in [-0.4, -0.2) is 6.04 Å². The largest absolute Gasteiger partial charge is 0.327 e. The molecule has 0 saturated heterocycles. The van der Waals surface area contributed by atoms with Crippen molar-refractivity contribution in [2.45, 2.75) is 44.6 Å². The van der Waals surface area contributed by atoms with Gasteiger partial charge in [-0.15, -0.1) is 0 Å². The maximum atomic E-state index is 6.02. The molecular weight excluding hydrogens is 122 g/mol. The molecule has 58 valence electrons. The van der Waals surface area contributed by atoms with E-state index in [4.69, 9.17) is 5.73 Å². The van der Waals surface area contributed by atoms with E-state index in [-0.39, 0.29) is 0 Å². The smallest absolute Gasteiger partial charge is 0.00697 e. The monoisotopic (exact) mass is 139 g/mol. The summed E-state index contributed by atoms with van der Waals surface area (Å²) in [4.78, 5) is 0. The van der Waals surface area contributed by atoms with Crippen molar-refractivity contribution in [3.05, 3.63) is 0 Å². The van der Waals surface area contributed by atoms with Gasteiger partial charge in [0.1, 0.15) is 0 Å². The van der Waals surface area contributed by atoms with Crippen molar-refractivity contribution in [2.24, 2.45) is 17.6 Å². The second kappa shape index (κ2) is 2.54. The van der Waals surface area contributed by atoms with E-state index in [0.717, 1.165) is 11.8 Å². The standard InChI is InChI=1S/C9H17N/c10-9(6-7-4-5-7)8-2-1-3-8/h7-9H,1-6,10H2/t9-/m1/s1.